The summed E-state index contributed by atoms with van der Waals surface area (Å²) in [7, 11) is -3.24. The van der Waals surface area contributed by atoms with Gasteiger partial charge in [0.15, 0.2) is 11.5 Å². The lowest BCUT2D eigenvalue weighted by Crippen LogP contribution is -2.44. The Morgan fingerprint density at radius 3 is 2.50 bits per heavy atom. The summed E-state index contributed by atoms with van der Waals surface area (Å²) in [6.45, 7) is 0. The van der Waals surface area contributed by atoms with Crippen molar-refractivity contribution in [3.8, 4) is 11.5 Å². The minimum absolute atomic E-state index is 0.153. The fourth-order valence-corrected chi connectivity index (χ4v) is 3.95. The fourth-order valence-electron chi connectivity index (χ4n) is 2.31. The third-order valence-corrected chi connectivity index (χ3v) is 5.70. The van der Waals surface area contributed by atoms with E-state index in [2.05, 4.69) is 9.47 Å². The lowest BCUT2D eigenvalue weighted by molar-refractivity contribution is -0.287. The van der Waals surface area contributed by atoms with E-state index in [4.69, 9.17) is 0 Å². The number of rotatable bonds is 4. The van der Waals surface area contributed by atoms with Gasteiger partial charge in [-0.05, 0) is 25.0 Å². The molecular formula is C12H11F2NO6S. The Balaban J connectivity index is 2.06. The van der Waals surface area contributed by atoms with Crippen LogP contribution in [0.5, 0.6) is 11.5 Å². The van der Waals surface area contributed by atoms with Crippen LogP contribution in [0.15, 0.2) is 23.1 Å². The normalized spacial score (nSPS) is 20.9. The third-order valence-electron chi connectivity index (χ3n) is 3.76. The van der Waals surface area contributed by atoms with Crippen molar-refractivity contribution in [1.29, 1.82) is 0 Å². The highest BCUT2D eigenvalue weighted by Gasteiger charge is 2.58. The van der Waals surface area contributed by atoms with Crippen LogP contribution in [0.4, 0.5) is 8.78 Å². The highest BCUT2D eigenvalue weighted by Crippen LogP contribution is 2.49. The average Bonchev–Trinajstić information content (AvgIpc) is 3.14. The Hall–Kier alpha value is -1.94. The molecule has 1 aromatic carbocycles. The van der Waals surface area contributed by atoms with Gasteiger partial charge >= 0.3 is 12.3 Å². The Morgan fingerprint density at radius 1 is 1.32 bits per heavy atom. The van der Waals surface area contributed by atoms with Crippen molar-refractivity contribution in [3.05, 3.63) is 18.2 Å². The van der Waals surface area contributed by atoms with Gasteiger partial charge in [-0.25, -0.2) is 8.42 Å². The number of hydrogen-bond donors (Lipinski definition) is 1. The number of hydrogen-bond acceptors (Lipinski definition) is 5. The molecule has 0 amide bonds. The van der Waals surface area contributed by atoms with Crippen LogP contribution < -0.4 is 9.47 Å². The minimum atomic E-state index is -4.34. The van der Waals surface area contributed by atoms with E-state index in [1.165, 1.54) is 6.07 Å². The summed E-state index contributed by atoms with van der Waals surface area (Å²) in [6.07, 6.45) is -3.65. The van der Waals surface area contributed by atoms with Gasteiger partial charge in [-0.1, -0.05) is 6.07 Å². The molecule has 7 nitrogen and oxygen atoms in total. The molecule has 1 heterocycles. The minimum Gasteiger partial charge on any atom is -0.480 e. The summed E-state index contributed by atoms with van der Waals surface area (Å²) in [5, 5.41) is 9.18. The quantitative estimate of drug-likeness (QED) is 0.890. The molecule has 10 heteroatoms. The highest BCUT2D eigenvalue weighted by molar-refractivity contribution is 7.89. The molecular weight excluding hydrogens is 324 g/mol. The summed E-state index contributed by atoms with van der Waals surface area (Å²) in [4.78, 5) is 10.7. The van der Waals surface area contributed by atoms with Gasteiger partial charge in [0.05, 0.1) is 0 Å². The predicted octanol–water partition coefficient (Wildman–Crippen LogP) is 1.25. The molecule has 1 saturated carbocycles. The standard InChI is InChI=1S/C12H11F2NO6S/c1-15(11(5-6-11)10(16)17)22(18,19)8-4-2-3-7-9(8)21-12(13,14)20-7/h2-4H,5-6H2,1H3,(H,16,17). The zero-order valence-electron chi connectivity index (χ0n) is 11.2. The van der Waals surface area contributed by atoms with Crippen molar-refractivity contribution in [1.82, 2.24) is 4.31 Å². The Kier molecular flexibility index (Phi) is 2.92. The van der Waals surface area contributed by atoms with E-state index in [0.717, 1.165) is 19.2 Å². The maximum atomic E-state index is 13.1. The number of aliphatic carboxylic acids is 1. The SMILES string of the molecule is CN(C1(C(=O)O)CC1)S(=O)(=O)c1cccc2c1OC(F)(F)O2. The second-order valence-electron chi connectivity index (χ2n) is 5.06. The van der Waals surface area contributed by atoms with Crippen molar-refractivity contribution < 1.29 is 36.6 Å². The second-order valence-corrected chi connectivity index (χ2v) is 7.00. The predicted molar refractivity (Wildman–Crippen MR) is 67.2 cm³/mol. The summed E-state index contributed by atoms with van der Waals surface area (Å²) >= 11 is 0. The van der Waals surface area contributed by atoms with Crippen molar-refractivity contribution in [2.24, 2.45) is 0 Å². The Bertz CT molecular complexity index is 759. The van der Waals surface area contributed by atoms with Gasteiger partial charge in [0, 0.05) is 7.05 Å². The molecule has 0 radical (unpaired) electrons. The van der Waals surface area contributed by atoms with E-state index < -0.39 is 44.2 Å². The van der Waals surface area contributed by atoms with Crippen LogP contribution in [0.1, 0.15) is 12.8 Å². The number of carboxylic acid groups (broad SMARTS) is 1. The van der Waals surface area contributed by atoms with Crippen molar-refractivity contribution in [2.75, 3.05) is 7.05 Å². The molecule has 0 aromatic heterocycles. The van der Waals surface area contributed by atoms with Gasteiger partial charge in [-0.15, -0.1) is 8.78 Å². The number of nitrogens with zero attached hydrogens (tertiary/aromatic N) is 1. The zero-order chi connectivity index (χ0) is 16.3. The maximum absolute atomic E-state index is 13.1. The molecule has 120 valence electrons. The number of para-hydroxylation sites is 1. The molecule has 0 unspecified atom stereocenters. The van der Waals surface area contributed by atoms with Crippen LogP contribution in [0, 0.1) is 0 Å². The van der Waals surface area contributed by atoms with Gasteiger partial charge in [0.1, 0.15) is 10.4 Å². The summed E-state index contributed by atoms with van der Waals surface area (Å²) in [5.41, 5.74) is -1.54. The average molecular weight is 335 g/mol. The van der Waals surface area contributed by atoms with E-state index in [0.29, 0.717) is 4.31 Å². The van der Waals surface area contributed by atoms with Crippen molar-refractivity contribution in [3.63, 3.8) is 0 Å². The number of benzene rings is 1. The van der Waals surface area contributed by atoms with Crippen LogP contribution in [0.2, 0.25) is 0 Å². The molecule has 3 rings (SSSR count). The number of sulfonamides is 1. The van der Waals surface area contributed by atoms with E-state index >= 15 is 0 Å². The first kappa shape index (κ1) is 15.0. The number of likely N-dealkylation sites (N-methyl/N-ethyl adjacent to an activating group) is 1. The van der Waals surface area contributed by atoms with Crippen LogP contribution in [0.3, 0.4) is 0 Å². The number of carboxylic acids is 1. The highest BCUT2D eigenvalue weighted by atomic mass is 32.2. The summed E-state index contributed by atoms with van der Waals surface area (Å²) in [6, 6.07) is 3.41. The molecule has 0 spiro atoms. The third kappa shape index (κ3) is 2.02. The maximum Gasteiger partial charge on any atom is 0.586 e. The van der Waals surface area contributed by atoms with Gasteiger partial charge in [0.25, 0.3) is 0 Å². The summed E-state index contributed by atoms with van der Waals surface area (Å²) in [5.74, 6) is -2.33. The van der Waals surface area contributed by atoms with Gasteiger partial charge in [-0.2, -0.15) is 4.31 Å². The molecule has 0 atom stereocenters. The zero-order valence-corrected chi connectivity index (χ0v) is 12.1. The molecule has 1 aliphatic carbocycles. The molecule has 1 fully saturated rings. The van der Waals surface area contributed by atoms with Crippen LogP contribution in [-0.4, -0.2) is 42.7 Å². The van der Waals surface area contributed by atoms with E-state index in [1.807, 2.05) is 0 Å². The second kappa shape index (κ2) is 4.29. The van der Waals surface area contributed by atoms with E-state index in [-0.39, 0.29) is 12.8 Å². The van der Waals surface area contributed by atoms with Crippen LogP contribution in [0.25, 0.3) is 0 Å². The lowest BCUT2D eigenvalue weighted by atomic mass is 10.3. The van der Waals surface area contributed by atoms with Crippen LogP contribution in [-0.2, 0) is 14.8 Å². The summed E-state index contributed by atoms with van der Waals surface area (Å²) < 4.78 is 60.5. The molecule has 2 aliphatic rings. The molecule has 22 heavy (non-hydrogen) atoms. The lowest BCUT2D eigenvalue weighted by Gasteiger charge is -2.24. The smallest absolute Gasteiger partial charge is 0.480 e. The van der Waals surface area contributed by atoms with Gasteiger partial charge in [0.2, 0.25) is 10.0 Å². The van der Waals surface area contributed by atoms with Crippen molar-refractivity contribution >= 4 is 16.0 Å². The topological polar surface area (TPSA) is 93.1 Å². The number of carbonyl (C=O) groups is 1. The monoisotopic (exact) mass is 335 g/mol. The van der Waals surface area contributed by atoms with Crippen molar-refractivity contribution in [2.45, 2.75) is 29.6 Å². The Labute approximate surface area is 124 Å². The molecule has 0 bridgehead atoms. The van der Waals surface area contributed by atoms with E-state index in [1.54, 1.807) is 0 Å². The molecule has 1 aliphatic heterocycles. The molecule has 1 N–H and O–H groups in total. The molecule has 1 aromatic rings. The number of ether oxygens (including phenoxy) is 2. The van der Waals surface area contributed by atoms with Crippen LogP contribution >= 0.6 is 0 Å². The first-order valence-corrected chi connectivity index (χ1v) is 7.65. The largest absolute Gasteiger partial charge is 0.586 e. The first-order valence-electron chi connectivity index (χ1n) is 6.21. The number of fused-ring (bicyclic) bond motifs is 1. The fraction of sp³-hybridized carbons (Fsp3) is 0.417. The number of halogens is 2. The van der Waals surface area contributed by atoms with Gasteiger partial charge in [-0.3, -0.25) is 4.79 Å². The Morgan fingerprint density at radius 2 is 1.95 bits per heavy atom. The first-order chi connectivity index (χ1) is 10.1. The van der Waals surface area contributed by atoms with Gasteiger partial charge < -0.3 is 14.6 Å². The number of alkyl halides is 2. The molecule has 0 saturated heterocycles. The van der Waals surface area contributed by atoms with E-state index in [9.17, 15) is 27.1 Å².